The zero-order chi connectivity index (χ0) is 13.1. The van der Waals surface area contributed by atoms with Gasteiger partial charge in [0.15, 0.2) is 0 Å². The second-order valence-electron chi connectivity index (χ2n) is 3.29. The summed E-state index contributed by atoms with van der Waals surface area (Å²) < 4.78 is 9.73. The first-order valence-corrected chi connectivity index (χ1v) is 6.59. The van der Waals surface area contributed by atoms with Gasteiger partial charge in [-0.3, -0.25) is 4.79 Å². The second kappa shape index (κ2) is 10.4. The third-order valence-corrected chi connectivity index (χ3v) is 2.55. The molecule has 1 atom stereocenters. The highest BCUT2D eigenvalue weighted by molar-refractivity contribution is 7.98. The number of carbonyl (C=O) groups excluding carboxylic acids is 1. The molecule has 6 nitrogen and oxygen atoms in total. The van der Waals surface area contributed by atoms with Crippen LogP contribution in [0, 0.1) is 0 Å². The molecule has 100 valence electrons. The Labute approximate surface area is 105 Å². The summed E-state index contributed by atoms with van der Waals surface area (Å²) in [7, 11) is 1.53. The fourth-order valence-corrected chi connectivity index (χ4v) is 1.51. The lowest BCUT2D eigenvalue weighted by atomic mass is 10.2. The van der Waals surface area contributed by atoms with Gasteiger partial charge in [0, 0.05) is 7.11 Å². The molecule has 0 fully saturated rings. The van der Waals surface area contributed by atoms with Gasteiger partial charge in [-0.2, -0.15) is 11.8 Å². The molecule has 7 heteroatoms. The Morgan fingerprint density at radius 3 is 2.65 bits per heavy atom. The van der Waals surface area contributed by atoms with Crippen LogP contribution in [-0.4, -0.2) is 62.0 Å². The molecule has 0 unspecified atom stereocenters. The average Bonchev–Trinajstić information content (AvgIpc) is 2.29. The minimum absolute atomic E-state index is 0.146. The molecule has 0 saturated heterocycles. The van der Waals surface area contributed by atoms with Gasteiger partial charge in [-0.15, -0.1) is 0 Å². The maximum absolute atomic E-state index is 11.3. The number of rotatable bonds is 10. The van der Waals surface area contributed by atoms with Gasteiger partial charge in [0.05, 0.1) is 13.2 Å². The Hall–Kier alpha value is -0.790. The van der Waals surface area contributed by atoms with Crippen LogP contribution >= 0.6 is 11.8 Å². The zero-order valence-electron chi connectivity index (χ0n) is 10.1. The Morgan fingerprint density at radius 2 is 2.12 bits per heavy atom. The number of methoxy groups -OCH3 is 1. The lowest BCUT2D eigenvalue weighted by molar-refractivity contribution is -0.142. The third kappa shape index (κ3) is 8.96. The van der Waals surface area contributed by atoms with E-state index in [1.807, 2.05) is 6.26 Å². The summed E-state index contributed by atoms with van der Waals surface area (Å²) in [5.41, 5.74) is 0. The summed E-state index contributed by atoms with van der Waals surface area (Å²) in [5, 5.41) is 11.3. The molecule has 0 aromatic heterocycles. The highest BCUT2D eigenvalue weighted by Gasteiger charge is 2.18. The van der Waals surface area contributed by atoms with Crippen LogP contribution in [0.2, 0.25) is 0 Å². The molecule has 17 heavy (non-hydrogen) atoms. The molecule has 0 radical (unpaired) electrons. The molecule has 0 aromatic carbocycles. The van der Waals surface area contributed by atoms with E-state index in [4.69, 9.17) is 14.6 Å². The first-order chi connectivity index (χ1) is 8.11. The summed E-state index contributed by atoms with van der Waals surface area (Å²) >= 11 is 1.54. The van der Waals surface area contributed by atoms with E-state index in [1.54, 1.807) is 0 Å². The number of carboxylic acid groups (broad SMARTS) is 1. The lowest BCUT2D eigenvalue weighted by Crippen LogP contribution is -2.42. The van der Waals surface area contributed by atoms with Crippen molar-refractivity contribution < 1.29 is 24.2 Å². The van der Waals surface area contributed by atoms with E-state index in [2.05, 4.69) is 5.32 Å². The number of ether oxygens (including phenoxy) is 2. The Kier molecular flexibility index (Phi) is 9.89. The minimum atomic E-state index is -1.02. The number of carbonyl (C=O) groups is 2. The minimum Gasteiger partial charge on any atom is -0.480 e. The van der Waals surface area contributed by atoms with E-state index < -0.39 is 17.9 Å². The van der Waals surface area contributed by atoms with Crippen molar-refractivity contribution in [1.29, 1.82) is 0 Å². The quantitative estimate of drug-likeness (QED) is 0.540. The molecule has 0 aromatic rings. The van der Waals surface area contributed by atoms with Crippen LogP contribution in [0.1, 0.15) is 6.42 Å². The van der Waals surface area contributed by atoms with Gasteiger partial charge in [-0.1, -0.05) is 0 Å². The van der Waals surface area contributed by atoms with Gasteiger partial charge in [0.25, 0.3) is 0 Å². The van der Waals surface area contributed by atoms with Gasteiger partial charge in [0.1, 0.15) is 12.6 Å². The first-order valence-electron chi connectivity index (χ1n) is 5.19. The van der Waals surface area contributed by atoms with Crippen LogP contribution < -0.4 is 5.32 Å². The van der Waals surface area contributed by atoms with Crippen molar-refractivity contribution in [2.24, 2.45) is 0 Å². The molecule has 0 spiro atoms. The topological polar surface area (TPSA) is 84.9 Å². The highest BCUT2D eigenvalue weighted by Crippen LogP contribution is 2.00. The Morgan fingerprint density at radius 1 is 1.41 bits per heavy atom. The molecule has 0 rings (SSSR count). The van der Waals surface area contributed by atoms with Crippen molar-refractivity contribution in [3.63, 3.8) is 0 Å². The van der Waals surface area contributed by atoms with E-state index in [-0.39, 0.29) is 6.61 Å². The summed E-state index contributed by atoms with van der Waals surface area (Å²) in [6, 6.07) is -0.846. The standard InChI is InChI=1S/C10H19NO5S/c1-15-4-5-16-7-9(12)11-8(10(13)14)3-6-17-2/h8H,3-7H2,1-2H3,(H,11,12)(H,13,14)/t8-/m1/s1. The molecule has 0 bridgehead atoms. The molecule has 1 amide bonds. The van der Waals surface area contributed by atoms with Crippen molar-refractivity contribution in [1.82, 2.24) is 5.32 Å². The summed E-state index contributed by atoms with van der Waals surface area (Å²) in [4.78, 5) is 22.2. The molecule has 2 N–H and O–H groups in total. The van der Waals surface area contributed by atoms with Crippen LogP contribution in [0.15, 0.2) is 0 Å². The molecular formula is C10H19NO5S. The third-order valence-electron chi connectivity index (χ3n) is 1.91. The van der Waals surface area contributed by atoms with E-state index in [1.165, 1.54) is 18.9 Å². The molecule has 0 aliphatic rings. The van der Waals surface area contributed by atoms with Crippen molar-refractivity contribution >= 4 is 23.6 Å². The van der Waals surface area contributed by atoms with Crippen LogP contribution in [0.3, 0.4) is 0 Å². The van der Waals surface area contributed by atoms with Gasteiger partial charge in [-0.05, 0) is 18.4 Å². The number of thioether (sulfide) groups is 1. The maximum Gasteiger partial charge on any atom is 0.326 e. The van der Waals surface area contributed by atoms with E-state index in [0.29, 0.717) is 25.4 Å². The van der Waals surface area contributed by atoms with Crippen LogP contribution in [0.4, 0.5) is 0 Å². The van der Waals surface area contributed by atoms with E-state index >= 15 is 0 Å². The van der Waals surface area contributed by atoms with Crippen LogP contribution in [0.5, 0.6) is 0 Å². The number of nitrogens with one attached hydrogen (secondary N) is 1. The fraction of sp³-hybridized carbons (Fsp3) is 0.800. The SMILES string of the molecule is COCCOCC(=O)N[C@H](CCSC)C(=O)O. The van der Waals surface area contributed by atoms with Gasteiger partial charge >= 0.3 is 5.97 Å². The average molecular weight is 265 g/mol. The summed E-state index contributed by atoms with van der Waals surface area (Å²) in [6.45, 7) is 0.570. The first kappa shape index (κ1) is 16.2. The number of amides is 1. The Bertz CT molecular complexity index is 237. The van der Waals surface area contributed by atoms with Crippen molar-refractivity contribution in [3.05, 3.63) is 0 Å². The van der Waals surface area contributed by atoms with E-state index in [9.17, 15) is 9.59 Å². The predicted molar refractivity (Wildman–Crippen MR) is 65.3 cm³/mol. The molecule has 0 aliphatic heterocycles. The van der Waals surface area contributed by atoms with Crippen LogP contribution in [-0.2, 0) is 19.1 Å². The summed E-state index contributed by atoms with van der Waals surface area (Å²) in [5.74, 6) is -0.763. The van der Waals surface area contributed by atoms with Gasteiger partial charge < -0.3 is 19.9 Å². The smallest absolute Gasteiger partial charge is 0.326 e. The number of carboxylic acids is 1. The number of aliphatic carboxylic acids is 1. The fourth-order valence-electron chi connectivity index (χ4n) is 1.04. The summed E-state index contributed by atoms with van der Waals surface area (Å²) in [6.07, 6.45) is 2.29. The number of hydrogen-bond donors (Lipinski definition) is 2. The van der Waals surface area contributed by atoms with Crippen molar-refractivity contribution in [2.45, 2.75) is 12.5 Å². The van der Waals surface area contributed by atoms with Crippen LogP contribution in [0.25, 0.3) is 0 Å². The molecule has 0 aliphatic carbocycles. The highest BCUT2D eigenvalue weighted by atomic mass is 32.2. The van der Waals surface area contributed by atoms with Crippen molar-refractivity contribution in [3.8, 4) is 0 Å². The number of hydrogen-bond acceptors (Lipinski definition) is 5. The lowest BCUT2D eigenvalue weighted by Gasteiger charge is -2.13. The Balaban J connectivity index is 3.83. The maximum atomic E-state index is 11.3. The largest absolute Gasteiger partial charge is 0.480 e. The monoisotopic (exact) mass is 265 g/mol. The van der Waals surface area contributed by atoms with Crippen molar-refractivity contribution in [2.75, 3.05) is 38.9 Å². The second-order valence-corrected chi connectivity index (χ2v) is 4.27. The normalized spacial score (nSPS) is 12.1. The molecular weight excluding hydrogens is 246 g/mol. The zero-order valence-corrected chi connectivity index (χ0v) is 10.9. The van der Waals surface area contributed by atoms with E-state index in [0.717, 1.165) is 0 Å². The predicted octanol–water partition coefficient (Wildman–Crippen LogP) is -0.0281. The van der Waals surface area contributed by atoms with Gasteiger partial charge in [0.2, 0.25) is 5.91 Å². The van der Waals surface area contributed by atoms with Gasteiger partial charge in [-0.25, -0.2) is 4.79 Å². The molecule has 0 saturated carbocycles. The molecule has 0 heterocycles.